The summed E-state index contributed by atoms with van der Waals surface area (Å²) in [7, 11) is 1.71. The molecule has 2 rings (SSSR count). The van der Waals surface area contributed by atoms with Crippen LogP contribution in [0.1, 0.15) is 23.3 Å². The van der Waals surface area contributed by atoms with E-state index in [0.717, 1.165) is 12.8 Å². The van der Waals surface area contributed by atoms with Gasteiger partial charge in [0.1, 0.15) is 6.10 Å². The molecule has 64 valence electrons. The first-order valence-electron chi connectivity index (χ1n) is 3.83. The van der Waals surface area contributed by atoms with Gasteiger partial charge in [-0.05, 0) is 12.8 Å². The topological polar surface area (TPSA) is 57.0 Å². The number of ether oxygens (including phenoxy) is 1. The third-order valence-electron chi connectivity index (χ3n) is 1.61. The van der Waals surface area contributed by atoms with Gasteiger partial charge in [-0.15, -0.1) is 5.10 Å². The smallest absolute Gasteiger partial charge is 0.360 e. The lowest BCUT2D eigenvalue weighted by atomic mass is 10.5. The van der Waals surface area contributed by atoms with Crippen LogP contribution >= 0.6 is 0 Å². The Bertz CT molecular complexity index is 303. The highest BCUT2D eigenvalue weighted by Gasteiger charge is 2.27. The van der Waals surface area contributed by atoms with Gasteiger partial charge in [0.15, 0.2) is 5.69 Å². The van der Waals surface area contributed by atoms with Crippen molar-refractivity contribution in [1.29, 1.82) is 0 Å². The Kier molecular flexibility index (Phi) is 1.56. The number of hydrogen-bond donors (Lipinski definition) is 0. The third-order valence-corrected chi connectivity index (χ3v) is 1.61. The number of carbonyl (C=O) groups is 1. The van der Waals surface area contributed by atoms with Crippen molar-refractivity contribution in [3.05, 3.63) is 11.9 Å². The normalized spacial score (nSPS) is 16.1. The molecule has 1 aliphatic carbocycles. The number of aryl methyl sites for hydroxylation is 1. The van der Waals surface area contributed by atoms with Gasteiger partial charge in [0.2, 0.25) is 0 Å². The first-order valence-corrected chi connectivity index (χ1v) is 3.83. The van der Waals surface area contributed by atoms with E-state index in [1.165, 1.54) is 4.68 Å². The Balaban J connectivity index is 2.03. The zero-order valence-electron chi connectivity index (χ0n) is 6.73. The highest BCUT2D eigenvalue weighted by molar-refractivity contribution is 5.86. The third kappa shape index (κ3) is 1.44. The maximum atomic E-state index is 11.2. The molecule has 0 spiro atoms. The summed E-state index contributed by atoms with van der Waals surface area (Å²) < 4.78 is 6.48. The van der Waals surface area contributed by atoms with Crippen LogP contribution in [0.15, 0.2) is 6.20 Å². The summed E-state index contributed by atoms with van der Waals surface area (Å²) in [6, 6.07) is 0. The molecule has 0 aromatic carbocycles. The van der Waals surface area contributed by atoms with Gasteiger partial charge in [0.05, 0.1) is 6.20 Å². The van der Waals surface area contributed by atoms with E-state index in [-0.39, 0.29) is 17.8 Å². The van der Waals surface area contributed by atoms with Crippen LogP contribution in [-0.2, 0) is 11.8 Å². The van der Waals surface area contributed by atoms with Gasteiger partial charge < -0.3 is 4.74 Å². The minimum absolute atomic E-state index is 0.125. The quantitative estimate of drug-likeness (QED) is 0.587. The van der Waals surface area contributed by atoms with Crippen molar-refractivity contribution in [2.75, 3.05) is 0 Å². The van der Waals surface area contributed by atoms with Crippen molar-refractivity contribution in [2.24, 2.45) is 7.05 Å². The first-order chi connectivity index (χ1) is 5.75. The van der Waals surface area contributed by atoms with Crippen LogP contribution in [0.2, 0.25) is 0 Å². The summed E-state index contributed by atoms with van der Waals surface area (Å²) in [4.78, 5) is 11.2. The molecule has 0 N–H and O–H groups in total. The van der Waals surface area contributed by atoms with E-state index in [4.69, 9.17) is 4.74 Å². The number of esters is 1. The van der Waals surface area contributed by atoms with E-state index < -0.39 is 0 Å². The molecule has 1 aromatic rings. The summed E-state index contributed by atoms with van der Waals surface area (Å²) in [6.45, 7) is 0. The molecule has 0 atom stereocenters. The number of nitrogens with zero attached hydrogens (tertiary/aromatic N) is 3. The maximum absolute atomic E-state index is 11.2. The molecule has 1 fully saturated rings. The van der Waals surface area contributed by atoms with Crippen molar-refractivity contribution >= 4 is 5.97 Å². The predicted molar refractivity (Wildman–Crippen MR) is 39.4 cm³/mol. The maximum Gasteiger partial charge on any atom is 0.360 e. The van der Waals surface area contributed by atoms with E-state index in [1.54, 1.807) is 13.2 Å². The van der Waals surface area contributed by atoms with Crippen molar-refractivity contribution in [2.45, 2.75) is 18.9 Å². The minimum Gasteiger partial charge on any atom is -0.458 e. The molecule has 0 aliphatic heterocycles. The number of rotatable bonds is 2. The highest BCUT2D eigenvalue weighted by atomic mass is 16.5. The van der Waals surface area contributed by atoms with Gasteiger partial charge in [-0.25, -0.2) is 4.79 Å². The second-order valence-corrected chi connectivity index (χ2v) is 2.88. The fraction of sp³-hybridized carbons (Fsp3) is 0.571. The molecular weight excluding hydrogens is 158 g/mol. The number of hydrogen-bond acceptors (Lipinski definition) is 4. The molecule has 1 saturated carbocycles. The lowest BCUT2D eigenvalue weighted by Crippen LogP contribution is -2.06. The lowest BCUT2D eigenvalue weighted by Gasteiger charge is -1.96. The summed E-state index contributed by atoms with van der Waals surface area (Å²) in [5, 5.41) is 7.27. The molecule has 0 saturated heterocycles. The molecule has 0 amide bonds. The number of aromatic nitrogens is 3. The van der Waals surface area contributed by atoms with Crippen molar-refractivity contribution < 1.29 is 9.53 Å². The van der Waals surface area contributed by atoms with Crippen LogP contribution in [0.5, 0.6) is 0 Å². The average molecular weight is 167 g/mol. The fourth-order valence-electron chi connectivity index (χ4n) is 0.839. The minimum atomic E-state index is -0.370. The van der Waals surface area contributed by atoms with Crippen LogP contribution in [0.3, 0.4) is 0 Å². The SMILES string of the molecule is Cn1cc(C(=O)OC2CC2)nn1. The van der Waals surface area contributed by atoms with E-state index in [0.29, 0.717) is 0 Å². The van der Waals surface area contributed by atoms with E-state index in [2.05, 4.69) is 10.3 Å². The Morgan fingerprint density at radius 3 is 3.00 bits per heavy atom. The van der Waals surface area contributed by atoms with Crippen LogP contribution in [0.4, 0.5) is 0 Å². The average Bonchev–Trinajstić information content (AvgIpc) is 2.72. The predicted octanol–water partition coefficient (Wildman–Crippen LogP) is 0.134. The van der Waals surface area contributed by atoms with Crippen LogP contribution in [0, 0.1) is 0 Å². The second kappa shape index (κ2) is 2.58. The fourth-order valence-corrected chi connectivity index (χ4v) is 0.839. The summed E-state index contributed by atoms with van der Waals surface area (Å²) in [5.41, 5.74) is 0.282. The Morgan fingerprint density at radius 2 is 2.50 bits per heavy atom. The van der Waals surface area contributed by atoms with Crippen molar-refractivity contribution in [3.8, 4) is 0 Å². The first kappa shape index (κ1) is 7.27. The van der Waals surface area contributed by atoms with Crippen LogP contribution < -0.4 is 0 Å². The molecule has 1 aliphatic rings. The van der Waals surface area contributed by atoms with Crippen LogP contribution in [-0.4, -0.2) is 27.1 Å². The second-order valence-electron chi connectivity index (χ2n) is 2.88. The Labute approximate surface area is 69.3 Å². The highest BCUT2D eigenvalue weighted by Crippen LogP contribution is 2.24. The standard InChI is InChI=1S/C7H9N3O2/c1-10-4-6(8-9-10)7(11)12-5-2-3-5/h4-5H,2-3H2,1H3. The van der Waals surface area contributed by atoms with Crippen molar-refractivity contribution in [3.63, 3.8) is 0 Å². The molecule has 1 heterocycles. The summed E-state index contributed by atoms with van der Waals surface area (Å²) in [5.74, 6) is -0.370. The van der Waals surface area contributed by atoms with Crippen LogP contribution in [0.25, 0.3) is 0 Å². The molecule has 12 heavy (non-hydrogen) atoms. The van der Waals surface area contributed by atoms with Gasteiger partial charge in [-0.1, -0.05) is 5.21 Å². The lowest BCUT2D eigenvalue weighted by molar-refractivity contribution is 0.0465. The molecule has 1 aromatic heterocycles. The van der Waals surface area contributed by atoms with Gasteiger partial charge in [0.25, 0.3) is 0 Å². The van der Waals surface area contributed by atoms with E-state index >= 15 is 0 Å². The monoisotopic (exact) mass is 167 g/mol. The molecule has 0 bridgehead atoms. The summed E-state index contributed by atoms with van der Waals surface area (Å²) >= 11 is 0. The zero-order valence-corrected chi connectivity index (χ0v) is 6.73. The van der Waals surface area contributed by atoms with Gasteiger partial charge in [-0.3, -0.25) is 4.68 Å². The molecular formula is C7H9N3O2. The molecule has 0 radical (unpaired) electrons. The largest absolute Gasteiger partial charge is 0.458 e. The number of carbonyl (C=O) groups excluding carboxylic acids is 1. The van der Waals surface area contributed by atoms with E-state index in [9.17, 15) is 4.79 Å². The molecule has 0 unspecified atom stereocenters. The van der Waals surface area contributed by atoms with Gasteiger partial charge in [0, 0.05) is 7.05 Å². The van der Waals surface area contributed by atoms with E-state index in [1.807, 2.05) is 0 Å². The van der Waals surface area contributed by atoms with Gasteiger partial charge >= 0.3 is 5.97 Å². The summed E-state index contributed by atoms with van der Waals surface area (Å²) in [6.07, 6.45) is 3.63. The van der Waals surface area contributed by atoms with Gasteiger partial charge in [-0.2, -0.15) is 0 Å². The Morgan fingerprint density at radius 1 is 1.75 bits per heavy atom. The zero-order chi connectivity index (χ0) is 8.55. The Hall–Kier alpha value is -1.39. The van der Waals surface area contributed by atoms with Crippen molar-refractivity contribution in [1.82, 2.24) is 15.0 Å². The molecule has 5 heteroatoms. The molecule has 5 nitrogen and oxygen atoms in total.